The normalized spacial score (nSPS) is 11.0. The molecule has 1 amide bonds. The molecule has 1 aromatic carbocycles. The Kier molecular flexibility index (Phi) is 6.56. The number of benzene rings is 1. The number of pyridine rings is 1. The molecule has 0 aliphatic carbocycles. The maximum absolute atomic E-state index is 11.5. The summed E-state index contributed by atoms with van der Waals surface area (Å²) < 4.78 is 11.2. The Morgan fingerprint density at radius 1 is 1.07 bits per heavy atom. The molecule has 29 heavy (non-hydrogen) atoms. The number of carbonyl (C=O) groups excluding carboxylic acids is 1. The highest BCUT2D eigenvalue weighted by Crippen LogP contribution is 2.26. The van der Waals surface area contributed by atoms with E-state index in [4.69, 9.17) is 15.2 Å². The maximum atomic E-state index is 11.5. The van der Waals surface area contributed by atoms with Crippen LogP contribution in [0.4, 0.5) is 11.6 Å². The van der Waals surface area contributed by atoms with Gasteiger partial charge >= 0.3 is 0 Å². The number of nitrogens with two attached hydrogens (primary N) is 1. The molecule has 3 rings (SSSR count). The molecule has 0 fully saturated rings. The second kappa shape index (κ2) is 9.29. The van der Waals surface area contributed by atoms with Gasteiger partial charge in [-0.05, 0) is 38.1 Å². The van der Waals surface area contributed by atoms with E-state index in [0.29, 0.717) is 36.5 Å². The van der Waals surface area contributed by atoms with Crippen molar-refractivity contribution in [2.24, 2.45) is 0 Å². The molecule has 8 heteroatoms. The van der Waals surface area contributed by atoms with Gasteiger partial charge < -0.3 is 20.5 Å². The zero-order valence-corrected chi connectivity index (χ0v) is 16.8. The monoisotopic (exact) mass is 395 g/mol. The predicted molar refractivity (Wildman–Crippen MR) is 113 cm³/mol. The third kappa shape index (κ3) is 5.39. The Morgan fingerprint density at radius 3 is 2.52 bits per heavy atom. The fraction of sp³-hybridized carbons (Fsp3) is 0.333. The van der Waals surface area contributed by atoms with Gasteiger partial charge in [-0.1, -0.05) is 19.1 Å². The quantitative estimate of drug-likeness (QED) is 0.562. The molecular formula is C21H25N5O3. The van der Waals surface area contributed by atoms with E-state index in [1.165, 1.54) is 0 Å². The van der Waals surface area contributed by atoms with Crippen molar-refractivity contribution < 1.29 is 14.3 Å². The van der Waals surface area contributed by atoms with Crippen LogP contribution in [0.3, 0.4) is 0 Å². The molecule has 0 bridgehead atoms. The lowest BCUT2D eigenvalue weighted by molar-refractivity contribution is -0.115. The first-order valence-corrected chi connectivity index (χ1v) is 9.55. The Labute approximate surface area is 169 Å². The Hall–Kier alpha value is -3.26. The molecule has 152 valence electrons. The molecule has 2 aromatic heterocycles. The van der Waals surface area contributed by atoms with Gasteiger partial charge in [0, 0.05) is 17.7 Å². The molecule has 3 N–H and O–H groups in total. The van der Waals surface area contributed by atoms with E-state index in [2.05, 4.69) is 20.3 Å². The van der Waals surface area contributed by atoms with Crippen LogP contribution in [0.5, 0.6) is 5.88 Å². The number of hydrogen-bond acceptors (Lipinski definition) is 7. The number of carbonyl (C=O) groups is 1. The molecule has 0 spiro atoms. The standard InChI is InChI=1S/C21H25N5O3/c1-4-18(27)23-15-7-5-14(6-8-15)16-9-10-17-19(24-16)20(26-21(22)25-17)29-12-11-28-13(2)3/h5-10,13H,4,11-12H2,1-3H3,(H,23,27)(H2,22,25,26). The highest BCUT2D eigenvalue weighted by molar-refractivity contribution is 5.90. The van der Waals surface area contributed by atoms with Crippen LogP contribution in [0.1, 0.15) is 27.2 Å². The van der Waals surface area contributed by atoms with E-state index in [1.807, 2.05) is 57.2 Å². The number of nitrogens with one attached hydrogen (secondary N) is 1. The summed E-state index contributed by atoms with van der Waals surface area (Å²) >= 11 is 0. The molecule has 0 aliphatic rings. The van der Waals surface area contributed by atoms with Gasteiger partial charge in [0.25, 0.3) is 0 Å². The van der Waals surface area contributed by atoms with Gasteiger partial charge in [0.1, 0.15) is 6.61 Å². The molecule has 0 saturated carbocycles. The number of amides is 1. The average molecular weight is 395 g/mol. The van der Waals surface area contributed by atoms with E-state index < -0.39 is 0 Å². The van der Waals surface area contributed by atoms with Gasteiger partial charge in [-0.2, -0.15) is 4.98 Å². The number of anilines is 2. The van der Waals surface area contributed by atoms with Crippen molar-refractivity contribution in [2.75, 3.05) is 24.3 Å². The molecule has 8 nitrogen and oxygen atoms in total. The molecule has 0 unspecified atom stereocenters. The van der Waals surface area contributed by atoms with Crippen LogP contribution in [0.15, 0.2) is 36.4 Å². The summed E-state index contributed by atoms with van der Waals surface area (Å²) in [7, 11) is 0. The zero-order chi connectivity index (χ0) is 20.8. The van der Waals surface area contributed by atoms with Gasteiger partial charge in [0.2, 0.25) is 17.7 Å². The first kappa shape index (κ1) is 20.5. The van der Waals surface area contributed by atoms with Gasteiger partial charge in [0.05, 0.1) is 23.9 Å². The summed E-state index contributed by atoms with van der Waals surface area (Å²) in [6, 6.07) is 11.2. The highest BCUT2D eigenvalue weighted by Gasteiger charge is 2.12. The number of nitrogens with zero attached hydrogens (tertiary/aromatic N) is 3. The molecule has 2 heterocycles. The molecule has 3 aromatic rings. The van der Waals surface area contributed by atoms with Crippen molar-refractivity contribution >= 4 is 28.6 Å². The number of ether oxygens (including phenoxy) is 2. The van der Waals surface area contributed by atoms with Crippen LogP contribution < -0.4 is 15.8 Å². The molecular weight excluding hydrogens is 370 g/mol. The van der Waals surface area contributed by atoms with Crippen molar-refractivity contribution in [1.82, 2.24) is 15.0 Å². The van der Waals surface area contributed by atoms with Crippen molar-refractivity contribution in [1.29, 1.82) is 0 Å². The van der Waals surface area contributed by atoms with Crippen LogP contribution >= 0.6 is 0 Å². The minimum absolute atomic E-state index is 0.0282. The van der Waals surface area contributed by atoms with Crippen LogP contribution in [0.25, 0.3) is 22.3 Å². The van der Waals surface area contributed by atoms with Gasteiger partial charge in [0.15, 0.2) is 5.52 Å². The van der Waals surface area contributed by atoms with Crippen molar-refractivity contribution in [2.45, 2.75) is 33.3 Å². The van der Waals surface area contributed by atoms with E-state index in [9.17, 15) is 4.79 Å². The number of nitrogen functional groups attached to an aromatic ring is 1. The number of fused-ring (bicyclic) bond motifs is 1. The SMILES string of the molecule is CCC(=O)Nc1ccc(-c2ccc3nc(N)nc(OCCOC(C)C)c3n2)cc1. The summed E-state index contributed by atoms with van der Waals surface area (Å²) in [6.45, 7) is 6.51. The fourth-order valence-electron chi connectivity index (χ4n) is 2.66. The summed E-state index contributed by atoms with van der Waals surface area (Å²) in [5, 5.41) is 2.83. The molecule has 0 atom stereocenters. The highest BCUT2D eigenvalue weighted by atomic mass is 16.5. The van der Waals surface area contributed by atoms with Crippen molar-refractivity contribution in [3.05, 3.63) is 36.4 Å². The molecule has 0 radical (unpaired) electrons. The average Bonchev–Trinajstić information content (AvgIpc) is 2.71. The first-order valence-electron chi connectivity index (χ1n) is 9.55. The van der Waals surface area contributed by atoms with Crippen molar-refractivity contribution in [3.63, 3.8) is 0 Å². The Balaban J connectivity index is 1.85. The van der Waals surface area contributed by atoms with Gasteiger partial charge in [-0.25, -0.2) is 9.97 Å². The van der Waals surface area contributed by atoms with Crippen LogP contribution in [-0.4, -0.2) is 40.2 Å². The van der Waals surface area contributed by atoms with Gasteiger partial charge in [-0.15, -0.1) is 0 Å². The smallest absolute Gasteiger partial charge is 0.245 e. The largest absolute Gasteiger partial charge is 0.474 e. The lowest BCUT2D eigenvalue weighted by Gasteiger charge is -2.11. The number of aromatic nitrogens is 3. The Bertz CT molecular complexity index is 990. The first-order chi connectivity index (χ1) is 14.0. The lowest BCUT2D eigenvalue weighted by Crippen LogP contribution is -2.12. The fourth-order valence-corrected chi connectivity index (χ4v) is 2.66. The summed E-state index contributed by atoms with van der Waals surface area (Å²) in [5.74, 6) is 0.427. The van der Waals surface area contributed by atoms with Crippen molar-refractivity contribution in [3.8, 4) is 17.1 Å². The maximum Gasteiger partial charge on any atom is 0.245 e. The van der Waals surface area contributed by atoms with Gasteiger partial charge in [-0.3, -0.25) is 4.79 Å². The van der Waals surface area contributed by atoms with Crippen LogP contribution in [0, 0.1) is 0 Å². The number of rotatable bonds is 8. The second-order valence-electron chi connectivity index (χ2n) is 6.70. The number of hydrogen-bond donors (Lipinski definition) is 2. The third-order valence-electron chi connectivity index (χ3n) is 4.09. The second-order valence-corrected chi connectivity index (χ2v) is 6.70. The minimum atomic E-state index is -0.0282. The predicted octanol–water partition coefficient (Wildman–Crippen LogP) is 3.43. The minimum Gasteiger partial charge on any atom is -0.474 e. The van der Waals surface area contributed by atoms with E-state index >= 15 is 0 Å². The van der Waals surface area contributed by atoms with Crippen LogP contribution in [-0.2, 0) is 9.53 Å². The zero-order valence-electron chi connectivity index (χ0n) is 16.8. The Morgan fingerprint density at radius 2 is 1.83 bits per heavy atom. The summed E-state index contributed by atoms with van der Waals surface area (Å²) in [6.07, 6.45) is 0.558. The lowest BCUT2D eigenvalue weighted by atomic mass is 10.1. The molecule has 0 saturated heterocycles. The third-order valence-corrected chi connectivity index (χ3v) is 4.09. The topological polar surface area (TPSA) is 112 Å². The molecule has 0 aliphatic heterocycles. The van der Waals surface area contributed by atoms with E-state index in [-0.39, 0.29) is 18.0 Å². The summed E-state index contributed by atoms with van der Waals surface area (Å²) in [5.41, 5.74) is 9.31. The van der Waals surface area contributed by atoms with E-state index in [0.717, 1.165) is 16.9 Å². The van der Waals surface area contributed by atoms with Crippen LogP contribution in [0.2, 0.25) is 0 Å². The summed E-state index contributed by atoms with van der Waals surface area (Å²) in [4.78, 5) is 24.6. The van der Waals surface area contributed by atoms with E-state index in [1.54, 1.807) is 0 Å².